The molecule has 3 aromatic carbocycles. The van der Waals surface area contributed by atoms with Gasteiger partial charge < -0.3 is 0 Å². The van der Waals surface area contributed by atoms with Gasteiger partial charge in [0.15, 0.2) is 11.6 Å². The van der Waals surface area contributed by atoms with E-state index in [-0.39, 0.29) is 16.9 Å². The van der Waals surface area contributed by atoms with Crippen LogP contribution in [0.25, 0.3) is 27.8 Å². The molecule has 2 aliphatic rings. The van der Waals surface area contributed by atoms with Crippen molar-refractivity contribution in [1.82, 2.24) is 0 Å². The minimum Gasteiger partial charge on any atom is -0.206 e. The van der Waals surface area contributed by atoms with Crippen LogP contribution in [0.15, 0.2) is 60.7 Å². The van der Waals surface area contributed by atoms with Gasteiger partial charge in [0.05, 0.1) is 0 Å². The summed E-state index contributed by atoms with van der Waals surface area (Å²) < 4.78 is 43.4. The number of rotatable bonds is 4. The van der Waals surface area contributed by atoms with E-state index < -0.39 is 11.6 Å². The van der Waals surface area contributed by atoms with Gasteiger partial charge in [0.2, 0.25) is 0 Å². The molecule has 1 unspecified atom stereocenters. The average molecular weight is 461 g/mol. The quantitative estimate of drug-likeness (QED) is 0.364. The minimum absolute atomic E-state index is 0.199. The molecular weight excluding hydrogens is 429 g/mol. The van der Waals surface area contributed by atoms with E-state index in [2.05, 4.69) is 6.08 Å². The summed E-state index contributed by atoms with van der Waals surface area (Å²) in [6.45, 7) is 1.54. The lowest BCUT2D eigenvalue weighted by molar-refractivity contribution is 0.235. The molecule has 0 bridgehead atoms. The Morgan fingerprint density at radius 1 is 0.647 bits per heavy atom. The van der Waals surface area contributed by atoms with Crippen molar-refractivity contribution in [2.45, 2.75) is 58.3 Å². The van der Waals surface area contributed by atoms with Crippen LogP contribution < -0.4 is 0 Å². The fourth-order valence-corrected chi connectivity index (χ4v) is 5.80. The summed E-state index contributed by atoms with van der Waals surface area (Å²) in [5.41, 5.74) is 4.56. The topological polar surface area (TPSA) is 0 Å². The fourth-order valence-electron chi connectivity index (χ4n) is 5.80. The average Bonchev–Trinajstić information content (AvgIpc) is 2.88. The maximum absolute atomic E-state index is 15.1. The number of halogens is 3. The second-order valence-corrected chi connectivity index (χ2v) is 9.99. The molecule has 34 heavy (non-hydrogen) atoms. The Balaban J connectivity index is 1.32. The summed E-state index contributed by atoms with van der Waals surface area (Å²) in [5, 5.41) is 0. The van der Waals surface area contributed by atoms with Crippen molar-refractivity contribution in [3.05, 3.63) is 89.3 Å². The number of aryl methyl sites for hydroxylation is 1. The Kier molecular flexibility index (Phi) is 6.63. The Hall–Kier alpha value is -2.81. The normalized spacial score (nSPS) is 19.2. The van der Waals surface area contributed by atoms with E-state index in [0.29, 0.717) is 11.1 Å². The Labute approximate surface area is 200 Å². The van der Waals surface area contributed by atoms with Crippen LogP contribution in [0.5, 0.6) is 0 Å². The highest BCUT2D eigenvalue weighted by Gasteiger charge is 2.26. The largest absolute Gasteiger partial charge is 0.206 e. The molecule has 0 nitrogen and oxygen atoms in total. The van der Waals surface area contributed by atoms with Gasteiger partial charge >= 0.3 is 0 Å². The second-order valence-electron chi connectivity index (χ2n) is 9.99. The highest BCUT2D eigenvalue weighted by atomic mass is 19.2. The van der Waals surface area contributed by atoms with Crippen molar-refractivity contribution in [3.8, 4) is 22.3 Å². The molecule has 1 fully saturated rings. The van der Waals surface area contributed by atoms with Gasteiger partial charge in [-0.15, -0.1) is 0 Å². The van der Waals surface area contributed by atoms with Gasteiger partial charge in [0.1, 0.15) is 5.82 Å². The maximum Gasteiger partial charge on any atom is 0.166 e. The van der Waals surface area contributed by atoms with Gasteiger partial charge in [0, 0.05) is 11.1 Å². The molecule has 1 saturated carbocycles. The van der Waals surface area contributed by atoms with Crippen molar-refractivity contribution < 1.29 is 13.2 Å². The van der Waals surface area contributed by atoms with Crippen molar-refractivity contribution in [3.63, 3.8) is 0 Å². The van der Waals surface area contributed by atoms with E-state index in [4.69, 9.17) is 0 Å². The van der Waals surface area contributed by atoms with Crippen molar-refractivity contribution >= 4 is 5.57 Å². The van der Waals surface area contributed by atoms with Crippen LogP contribution in [0.1, 0.15) is 62.5 Å². The Morgan fingerprint density at radius 2 is 1.32 bits per heavy atom. The lowest BCUT2D eigenvalue weighted by Gasteiger charge is -2.32. The molecule has 0 aromatic heterocycles. The maximum atomic E-state index is 15.1. The summed E-state index contributed by atoms with van der Waals surface area (Å²) in [6, 6.07) is 15.8. The smallest absolute Gasteiger partial charge is 0.166 e. The van der Waals surface area contributed by atoms with Crippen molar-refractivity contribution in [1.29, 1.82) is 0 Å². The van der Waals surface area contributed by atoms with Crippen LogP contribution in [0, 0.1) is 36.2 Å². The van der Waals surface area contributed by atoms with Gasteiger partial charge in [0.25, 0.3) is 0 Å². The van der Waals surface area contributed by atoms with Gasteiger partial charge in [-0.1, -0.05) is 86.7 Å². The van der Waals surface area contributed by atoms with Crippen molar-refractivity contribution in [2.75, 3.05) is 0 Å². The Bertz CT molecular complexity index is 1200. The molecule has 1 atom stereocenters. The zero-order valence-corrected chi connectivity index (χ0v) is 19.7. The molecule has 0 aliphatic heterocycles. The molecule has 0 amide bonds. The van der Waals surface area contributed by atoms with E-state index >= 15 is 4.39 Å². The predicted octanol–water partition coefficient (Wildman–Crippen LogP) is 9.51. The summed E-state index contributed by atoms with van der Waals surface area (Å²) in [7, 11) is 0. The van der Waals surface area contributed by atoms with E-state index in [1.165, 1.54) is 32.1 Å². The lowest BCUT2D eigenvalue weighted by atomic mass is 9.73. The van der Waals surface area contributed by atoms with E-state index in [0.717, 1.165) is 47.8 Å². The molecule has 3 aromatic rings. The zero-order valence-electron chi connectivity index (χ0n) is 19.7. The monoisotopic (exact) mass is 460 g/mol. The highest BCUT2D eigenvalue weighted by molar-refractivity contribution is 5.74. The first kappa shape index (κ1) is 23.0. The van der Waals surface area contributed by atoms with Crippen LogP contribution in [0.2, 0.25) is 0 Å². The number of hydrogen-bond acceptors (Lipinski definition) is 0. The van der Waals surface area contributed by atoms with Gasteiger partial charge in [-0.3, -0.25) is 0 Å². The summed E-state index contributed by atoms with van der Waals surface area (Å²) in [5.74, 6) is -0.241. The molecule has 0 N–H and O–H groups in total. The molecule has 0 heterocycles. The molecule has 0 spiro atoms. The molecule has 176 valence electrons. The third-order valence-corrected chi connectivity index (χ3v) is 7.89. The first-order chi connectivity index (χ1) is 16.5. The van der Waals surface area contributed by atoms with Crippen molar-refractivity contribution in [2.24, 2.45) is 11.8 Å². The van der Waals surface area contributed by atoms with Crippen LogP contribution in [0.4, 0.5) is 13.2 Å². The van der Waals surface area contributed by atoms with Gasteiger partial charge in [-0.25, -0.2) is 13.2 Å². The predicted molar refractivity (Wildman–Crippen MR) is 134 cm³/mol. The standard InChI is InChI=1S/C31H31F3/c1-20-7-17-28(31(34)30(20)33)25-14-10-23(11-15-25)26-16-18-27(29(32)19-26)24-12-8-22(9-13-24)21-5-3-2-4-6-21/h7,10-12,14-19,21-22H,2-6,8-9,13H2,1H3. The first-order valence-electron chi connectivity index (χ1n) is 12.6. The number of allylic oxidation sites excluding steroid dienone is 2. The van der Waals surface area contributed by atoms with Crippen LogP contribution in [-0.4, -0.2) is 0 Å². The molecular formula is C31H31F3. The number of hydrogen-bond donors (Lipinski definition) is 0. The first-order valence-corrected chi connectivity index (χ1v) is 12.6. The summed E-state index contributed by atoms with van der Waals surface area (Å²) >= 11 is 0. The van der Waals surface area contributed by atoms with E-state index in [9.17, 15) is 8.78 Å². The molecule has 3 heteroatoms. The molecule has 5 rings (SSSR count). The summed E-state index contributed by atoms with van der Waals surface area (Å²) in [4.78, 5) is 0. The van der Waals surface area contributed by atoms with Gasteiger partial charge in [-0.2, -0.15) is 0 Å². The summed E-state index contributed by atoms with van der Waals surface area (Å²) in [6.07, 6.45) is 12.3. The molecule has 0 radical (unpaired) electrons. The third-order valence-electron chi connectivity index (χ3n) is 7.89. The van der Waals surface area contributed by atoms with Crippen LogP contribution in [0.3, 0.4) is 0 Å². The zero-order chi connectivity index (χ0) is 23.7. The molecule has 2 aliphatic carbocycles. The minimum atomic E-state index is -0.838. The lowest BCUT2D eigenvalue weighted by Crippen LogP contribution is -2.19. The highest BCUT2D eigenvalue weighted by Crippen LogP contribution is 2.40. The van der Waals surface area contributed by atoms with Gasteiger partial charge in [-0.05, 0) is 71.9 Å². The van der Waals surface area contributed by atoms with Crippen LogP contribution >= 0.6 is 0 Å². The Morgan fingerprint density at radius 3 is 2.00 bits per heavy atom. The van der Waals surface area contributed by atoms with E-state index in [1.807, 2.05) is 24.3 Å². The number of benzene rings is 3. The fraction of sp³-hybridized carbons (Fsp3) is 0.355. The van der Waals surface area contributed by atoms with E-state index in [1.54, 1.807) is 37.3 Å². The second kappa shape index (κ2) is 9.82. The van der Waals surface area contributed by atoms with Crippen LogP contribution in [-0.2, 0) is 0 Å². The SMILES string of the molecule is Cc1ccc(-c2ccc(-c3ccc(C4=CCC(C5CCCCC5)CC4)c(F)c3)cc2)c(F)c1F. The molecule has 0 saturated heterocycles. The third kappa shape index (κ3) is 4.58.